The number of aromatic nitrogens is 1. The van der Waals surface area contributed by atoms with Crippen LogP contribution in [0.15, 0.2) is 121 Å². The first kappa shape index (κ1) is 21.2. The number of nitrogens with zero attached hydrogens (tertiary/aromatic N) is 1. The van der Waals surface area contributed by atoms with Gasteiger partial charge in [0.15, 0.2) is 0 Å². The number of alkyl halides is 3. The lowest BCUT2D eigenvalue weighted by molar-refractivity contribution is -0.137. The second-order valence-electron chi connectivity index (χ2n) is 8.58. The van der Waals surface area contributed by atoms with Crippen molar-refractivity contribution >= 4 is 21.8 Å². The summed E-state index contributed by atoms with van der Waals surface area (Å²) >= 11 is 0. The predicted molar refractivity (Wildman–Crippen MR) is 137 cm³/mol. The molecule has 0 saturated heterocycles. The minimum absolute atomic E-state index is 0.538. The summed E-state index contributed by atoms with van der Waals surface area (Å²) in [5, 5.41) is 1.71. The van der Waals surface area contributed by atoms with Gasteiger partial charge in [-0.3, -0.25) is 0 Å². The number of hydrogen-bond donors (Lipinski definition) is 0. The van der Waals surface area contributed by atoms with Gasteiger partial charge in [-0.1, -0.05) is 84.9 Å². The van der Waals surface area contributed by atoms with E-state index in [0.29, 0.717) is 5.52 Å². The zero-order valence-electron chi connectivity index (χ0n) is 18.6. The van der Waals surface area contributed by atoms with Gasteiger partial charge in [-0.2, -0.15) is 13.2 Å². The Morgan fingerprint density at radius 3 is 1.69 bits per heavy atom. The van der Waals surface area contributed by atoms with Gasteiger partial charge in [0, 0.05) is 16.5 Å². The van der Waals surface area contributed by atoms with Crippen LogP contribution in [0.2, 0.25) is 0 Å². The van der Waals surface area contributed by atoms with E-state index < -0.39 is 11.7 Å². The van der Waals surface area contributed by atoms with E-state index >= 15 is 0 Å². The van der Waals surface area contributed by atoms with Gasteiger partial charge in [0.25, 0.3) is 0 Å². The molecular formula is C31H20F3N. The monoisotopic (exact) mass is 463 g/mol. The minimum Gasteiger partial charge on any atom is -0.309 e. The van der Waals surface area contributed by atoms with Crippen molar-refractivity contribution in [2.75, 3.05) is 0 Å². The highest BCUT2D eigenvalue weighted by Gasteiger charge is 2.31. The lowest BCUT2D eigenvalue weighted by Crippen LogP contribution is -2.04. The molecule has 0 unspecified atom stereocenters. The molecule has 170 valence electrons. The number of para-hydroxylation sites is 1. The van der Waals surface area contributed by atoms with Crippen molar-refractivity contribution < 1.29 is 13.2 Å². The van der Waals surface area contributed by atoms with E-state index in [4.69, 9.17) is 0 Å². The number of rotatable bonds is 3. The van der Waals surface area contributed by atoms with Crippen LogP contribution in [-0.2, 0) is 6.18 Å². The highest BCUT2D eigenvalue weighted by Crippen LogP contribution is 2.38. The molecule has 0 aliphatic rings. The van der Waals surface area contributed by atoms with Crippen molar-refractivity contribution in [3.8, 4) is 27.9 Å². The number of fused-ring (bicyclic) bond motifs is 3. The van der Waals surface area contributed by atoms with E-state index in [0.717, 1.165) is 50.3 Å². The summed E-state index contributed by atoms with van der Waals surface area (Å²) in [4.78, 5) is 0. The van der Waals surface area contributed by atoms with Crippen LogP contribution in [-0.4, -0.2) is 4.57 Å². The van der Waals surface area contributed by atoms with Crippen molar-refractivity contribution in [2.24, 2.45) is 0 Å². The van der Waals surface area contributed by atoms with Crippen molar-refractivity contribution in [2.45, 2.75) is 6.18 Å². The first-order valence-electron chi connectivity index (χ1n) is 11.4. The fourth-order valence-corrected chi connectivity index (χ4v) is 4.74. The van der Waals surface area contributed by atoms with E-state index in [2.05, 4.69) is 36.4 Å². The van der Waals surface area contributed by atoms with Gasteiger partial charge in [-0.05, 0) is 58.7 Å². The maximum Gasteiger partial charge on any atom is 0.416 e. The molecule has 1 heterocycles. The second-order valence-corrected chi connectivity index (χ2v) is 8.58. The standard InChI is InChI=1S/C31H20F3N/c32-31(33,34)25-15-17-28-27-16-14-24(23-11-7-10-22(18-23)21-8-3-1-4-9-21)19-29(27)35(30(28)20-25)26-12-5-2-6-13-26/h1-20H. The average Bonchev–Trinajstić information content (AvgIpc) is 3.22. The average molecular weight is 464 g/mol. The smallest absolute Gasteiger partial charge is 0.309 e. The first-order chi connectivity index (χ1) is 17.0. The molecule has 1 nitrogen and oxygen atoms in total. The first-order valence-corrected chi connectivity index (χ1v) is 11.4. The number of benzene rings is 5. The summed E-state index contributed by atoms with van der Waals surface area (Å²) in [5.74, 6) is 0. The molecule has 0 N–H and O–H groups in total. The molecule has 5 aromatic carbocycles. The predicted octanol–water partition coefficient (Wildman–Crippen LogP) is 9.14. The van der Waals surface area contributed by atoms with Crippen molar-refractivity contribution in [1.29, 1.82) is 0 Å². The topological polar surface area (TPSA) is 4.93 Å². The summed E-state index contributed by atoms with van der Waals surface area (Å²) in [6, 6.07) is 38.1. The molecular weight excluding hydrogens is 443 g/mol. The zero-order valence-corrected chi connectivity index (χ0v) is 18.6. The van der Waals surface area contributed by atoms with Gasteiger partial charge in [-0.15, -0.1) is 0 Å². The van der Waals surface area contributed by atoms with Gasteiger partial charge < -0.3 is 4.57 Å². The van der Waals surface area contributed by atoms with Gasteiger partial charge in [0.1, 0.15) is 0 Å². The maximum absolute atomic E-state index is 13.6. The minimum atomic E-state index is -4.41. The third kappa shape index (κ3) is 3.77. The fraction of sp³-hybridized carbons (Fsp3) is 0.0323. The molecule has 0 aliphatic carbocycles. The molecule has 0 spiro atoms. The third-order valence-corrected chi connectivity index (χ3v) is 6.41. The molecule has 6 rings (SSSR count). The zero-order chi connectivity index (χ0) is 24.0. The van der Waals surface area contributed by atoms with Crippen LogP contribution < -0.4 is 0 Å². The Bertz CT molecular complexity index is 1660. The molecule has 0 atom stereocenters. The Hall–Kier alpha value is -4.31. The van der Waals surface area contributed by atoms with Crippen molar-refractivity contribution in [3.63, 3.8) is 0 Å². The summed E-state index contributed by atoms with van der Waals surface area (Å²) in [5.41, 5.74) is 5.88. The van der Waals surface area contributed by atoms with E-state index in [-0.39, 0.29) is 0 Å². The van der Waals surface area contributed by atoms with E-state index in [1.165, 1.54) is 6.07 Å². The molecule has 0 fully saturated rings. The third-order valence-electron chi connectivity index (χ3n) is 6.41. The van der Waals surface area contributed by atoms with E-state index in [1.54, 1.807) is 6.07 Å². The molecule has 0 aliphatic heterocycles. The van der Waals surface area contributed by atoms with Gasteiger partial charge in [0.2, 0.25) is 0 Å². The second kappa shape index (κ2) is 8.17. The SMILES string of the molecule is FC(F)(F)c1ccc2c3ccc(-c4cccc(-c5ccccc5)c4)cc3n(-c3ccccc3)c2c1. The molecule has 0 radical (unpaired) electrons. The quantitative estimate of drug-likeness (QED) is 0.247. The molecule has 4 heteroatoms. The van der Waals surface area contributed by atoms with E-state index in [1.807, 2.05) is 71.3 Å². The van der Waals surface area contributed by atoms with E-state index in [9.17, 15) is 13.2 Å². The summed E-state index contributed by atoms with van der Waals surface area (Å²) < 4.78 is 42.6. The number of halogens is 3. The molecule has 0 saturated carbocycles. The van der Waals surface area contributed by atoms with Crippen LogP contribution in [0, 0.1) is 0 Å². The Labute approximate surface area is 200 Å². The van der Waals surface area contributed by atoms with Crippen molar-refractivity contribution in [3.05, 3.63) is 127 Å². The highest BCUT2D eigenvalue weighted by atomic mass is 19.4. The normalized spacial score (nSPS) is 11.9. The summed E-state index contributed by atoms with van der Waals surface area (Å²) in [6.07, 6.45) is -4.41. The van der Waals surface area contributed by atoms with Crippen molar-refractivity contribution in [1.82, 2.24) is 4.57 Å². The molecule has 35 heavy (non-hydrogen) atoms. The molecule has 0 bridgehead atoms. The molecule has 0 amide bonds. The molecule has 6 aromatic rings. The van der Waals surface area contributed by atoms with Gasteiger partial charge in [0.05, 0.1) is 16.6 Å². The van der Waals surface area contributed by atoms with Gasteiger partial charge in [-0.25, -0.2) is 0 Å². The number of hydrogen-bond acceptors (Lipinski definition) is 0. The lowest BCUT2D eigenvalue weighted by Gasteiger charge is -2.11. The Balaban J connectivity index is 1.60. The van der Waals surface area contributed by atoms with Crippen LogP contribution in [0.3, 0.4) is 0 Å². The Morgan fingerprint density at radius 2 is 1.00 bits per heavy atom. The lowest BCUT2D eigenvalue weighted by atomic mass is 9.98. The fourth-order valence-electron chi connectivity index (χ4n) is 4.74. The highest BCUT2D eigenvalue weighted by molar-refractivity contribution is 6.10. The maximum atomic E-state index is 13.6. The summed E-state index contributed by atoms with van der Waals surface area (Å²) in [6.45, 7) is 0. The molecule has 1 aromatic heterocycles. The van der Waals surface area contributed by atoms with Crippen LogP contribution >= 0.6 is 0 Å². The van der Waals surface area contributed by atoms with Crippen LogP contribution in [0.4, 0.5) is 13.2 Å². The summed E-state index contributed by atoms with van der Waals surface area (Å²) in [7, 11) is 0. The Morgan fingerprint density at radius 1 is 0.457 bits per heavy atom. The Kier molecular flexibility index (Phi) is 4.96. The van der Waals surface area contributed by atoms with Crippen LogP contribution in [0.5, 0.6) is 0 Å². The van der Waals surface area contributed by atoms with Crippen LogP contribution in [0.25, 0.3) is 49.7 Å². The van der Waals surface area contributed by atoms with Gasteiger partial charge >= 0.3 is 6.18 Å². The van der Waals surface area contributed by atoms with Crippen LogP contribution in [0.1, 0.15) is 5.56 Å². The largest absolute Gasteiger partial charge is 0.416 e.